The molecule has 110 valence electrons. The van der Waals surface area contributed by atoms with Crippen LogP contribution in [0.15, 0.2) is 18.2 Å². The maximum Gasteiger partial charge on any atom is 0.275 e. The first kappa shape index (κ1) is 14.6. The van der Waals surface area contributed by atoms with E-state index in [-0.39, 0.29) is 12.2 Å². The Morgan fingerprint density at radius 3 is 2.45 bits per heavy atom. The number of hydrogen-bond donors (Lipinski definition) is 1. The summed E-state index contributed by atoms with van der Waals surface area (Å²) in [6, 6.07) is 4.92. The van der Waals surface area contributed by atoms with Gasteiger partial charge in [-0.15, -0.1) is 0 Å². The van der Waals surface area contributed by atoms with Crippen LogP contribution in [0.25, 0.3) is 0 Å². The van der Waals surface area contributed by atoms with Crippen LogP contribution in [0.5, 0.6) is 11.5 Å². The summed E-state index contributed by atoms with van der Waals surface area (Å²) in [6.07, 6.45) is 2.47. The quantitative estimate of drug-likeness (QED) is 0.835. The minimum Gasteiger partial charge on any atom is -0.497 e. The van der Waals surface area contributed by atoms with Gasteiger partial charge in [0, 0.05) is 24.7 Å². The molecule has 0 aliphatic carbocycles. The number of ether oxygens (including phenoxy) is 3. The second kappa shape index (κ2) is 7.12. The summed E-state index contributed by atoms with van der Waals surface area (Å²) >= 11 is 0. The summed E-state index contributed by atoms with van der Waals surface area (Å²) in [7, 11) is 3.06. The van der Waals surface area contributed by atoms with Crippen molar-refractivity contribution in [3.8, 4) is 11.5 Å². The molecule has 1 aromatic rings. The number of hydrogen-bond acceptors (Lipinski definition) is 5. The maximum atomic E-state index is 12.0. The van der Waals surface area contributed by atoms with Crippen molar-refractivity contribution in [1.29, 1.82) is 0 Å². The largest absolute Gasteiger partial charge is 0.497 e. The van der Waals surface area contributed by atoms with Crippen molar-refractivity contribution in [2.24, 2.45) is 0 Å². The van der Waals surface area contributed by atoms with E-state index in [0.717, 1.165) is 19.3 Å². The van der Waals surface area contributed by atoms with Crippen LogP contribution in [0, 0.1) is 0 Å². The lowest BCUT2D eigenvalue weighted by Gasteiger charge is -2.22. The molecule has 0 unspecified atom stereocenters. The lowest BCUT2D eigenvalue weighted by atomic mass is 10.2. The van der Waals surface area contributed by atoms with E-state index < -0.39 is 0 Å². The molecular weight excluding hydrogens is 262 g/mol. The molecule has 1 atom stereocenters. The van der Waals surface area contributed by atoms with E-state index in [2.05, 4.69) is 5.48 Å². The van der Waals surface area contributed by atoms with E-state index in [9.17, 15) is 4.79 Å². The van der Waals surface area contributed by atoms with Gasteiger partial charge in [-0.1, -0.05) is 0 Å². The van der Waals surface area contributed by atoms with Crippen LogP contribution in [0.4, 0.5) is 0 Å². The summed E-state index contributed by atoms with van der Waals surface area (Å²) in [5, 5.41) is 0. The van der Waals surface area contributed by atoms with Crippen LogP contribution in [0.3, 0.4) is 0 Å². The Kier molecular flexibility index (Phi) is 5.20. The Hall–Kier alpha value is -1.79. The Labute approximate surface area is 117 Å². The van der Waals surface area contributed by atoms with Crippen LogP contribution in [0.2, 0.25) is 0 Å². The second-order valence-corrected chi connectivity index (χ2v) is 4.45. The first-order chi connectivity index (χ1) is 9.72. The summed E-state index contributed by atoms with van der Waals surface area (Å²) in [5.74, 6) is 0.725. The first-order valence-corrected chi connectivity index (χ1v) is 6.53. The zero-order valence-corrected chi connectivity index (χ0v) is 11.7. The topological polar surface area (TPSA) is 66.0 Å². The van der Waals surface area contributed by atoms with E-state index in [0.29, 0.717) is 23.7 Å². The van der Waals surface area contributed by atoms with Gasteiger partial charge in [0.15, 0.2) is 6.29 Å². The van der Waals surface area contributed by atoms with Crippen LogP contribution < -0.4 is 15.0 Å². The molecule has 1 aliphatic rings. The molecule has 1 heterocycles. The number of carbonyl (C=O) groups excluding carboxylic acids is 1. The van der Waals surface area contributed by atoms with Crippen molar-refractivity contribution in [2.45, 2.75) is 25.6 Å². The lowest BCUT2D eigenvalue weighted by molar-refractivity contribution is -0.186. The molecule has 20 heavy (non-hydrogen) atoms. The van der Waals surface area contributed by atoms with Crippen LogP contribution in [-0.4, -0.2) is 33.0 Å². The molecule has 1 aromatic carbocycles. The van der Waals surface area contributed by atoms with Gasteiger partial charge in [0.1, 0.15) is 11.5 Å². The number of benzene rings is 1. The SMILES string of the molecule is COc1cc(OC)cc(C(=O)NO[C@H]2CCCCO2)c1. The Morgan fingerprint density at radius 1 is 1.20 bits per heavy atom. The summed E-state index contributed by atoms with van der Waals surface area (Å²) in [5.41, 5.74) is 2.80. The zero-order valence-electron chi connectivity index (χ0n) is 11.7. The average Bonchev–Trinajstić information content (AvgIpc) is 2.52. The molecule has 6 heteroatoms. The minimum absolute atomic E-state index is 0.364. The average molecular weight is 281 g/mol. The number of methoxy groups -OCH3 is 2. The highest BCUT2D eigenvalue weighted by atomic mass is 16.8. The number of amides is 1. The fraction of sp³-hybridized carbons (Fsp3) is 0.500. The maximum absolute atomic E-state index is 12.0. The molecular formula is C14H19NO5. The zero-order chi connectivity index (χ0) is 14.4. The van der Waals surface area contributed by atoms with Gasteiger partial charge in [0.05, 0.1) is 14.2 Å². The van der Waals surface area contributed by atoms with Crippen LogP contribution >= 0.6 is 0 Å². The molecule has 1 saturated heterocycles. The van der Waals surface area contributed by atoms with Crippen LogP contribution in [0.1, 0.15) is 29.6 Å². The summed E-state index contributed by atoms with van der Waals surface area (Å²) < 4.78 is 15.6. The molecule has 0 radical (unpaired) electrons. The van der Waals surface area contributed by atoms with Gasteiger partial charge in [-0.05, 0) is 25.0 Å². The van der Waals surface area contributed by atoms with Gasteiger partial charge in [-0.25, -0.2) is 10.3 Å². The summed E-state index contributed by atoms with van der Waals surface area (Å²) in [6.45, 7) is 0.660. The molecule has 1 amide bonds. The van der Waals surface area contributed by atoms with Gasteiger partial charge in [-0.3, -0.25) is 4.79 Å². The molecule has 0 aromatic heterocycles. The highest BCUT2D eigenvalue weighted by Crippen LogP contribution is 2.22. The smallest absolute Gasteiger partial charge is 0.275 e. The third-order valence-corrected chi connectivity index (χ3v) is 3.03. The van der Waals surface area contributed by atoms with E-state index in [1.165, 1.54) is 14.2 Å². The van der Waals surface area contributed by atoms with E-state index in [1.807, 2.05) is 0 Å². The fourth-order valence-electron chi connectivity index (χ4n) is 1.92. The minimum atomic E-state index is -0.375. The number of hydroxylamine groups is 1. The lowest BCUT2D eigenvalue weighted by Crippen LogP contribution is -2.33. The second-order valence-electron chi connectivity index (χ2n) is 4.45. The fourth-order valence-corrected chi connectivity index (χ4v) is 1.92. The van der Waals surface area contributed by atoms with Gasteiger partial charge in [0.2, 0.25) is 0 Å². The van der Waals surface area contributed by atoms with Gasteiger partial charge in [0.25, 0.3) is 5.91 Å². The standard InChI is InChI=1S/C14H19NO5/c1-17-11-7-10(8-12(9-11)18-2)14(16)15-20-13-5-3-4-6-19-13/h7-9,13H,3-6H2,1-2H3,(H,15,16)/t13-/m0/s1. The molecule has 0 saturated carbocycles. The molecule has 0 spiro atoms. The van der Waals surface area contributed by atoms with E-state index >= 15 is 0 Å². The van der Waals surface area contributed by atoms with E-state index in [4.69, 9.17) is 19.0 Å². The highest BCUT2D eigenvalue weighted by molar-refractivity contribution is 5.94. The molecule has 0 bridgehead atoms. The summed E-state index contributed by atoms with van der Waals surface area (Å²) in [4.78, 5) is 17.3. The highest BCUT2D eigenvalue weighted by Gasteiger charge is 2.17. The normalized spacial score (nSPS) is 18.4. The van der Waals surface area contributed by atoms with Crippen LogP contribution in [-0.2, 0) is 9.57 Å². The Morgan fingerprint density at radius 2 is 1.90 bits per heavy atom. The first-order valence-electron chi connectivity index (χ1n) is 6.53. The Bertz CT molecular complexity index is 435. The third-order valence-electron chi connectivity index (χ3n) is 3.03. The van der Waals surface area contributed by atoms with Gasteiger partial charge < -0.3 is 14.2 Å². The van der Waals surface area contributed by atoms with Crippen molar-refractivity contribution in [3.63, 3.8) is 0 Å². The Balaban J connectivity index is 1.97. The molecule has 2 rings (SSSR count). The molecule has 1 N–H and O–H groups in total. The molecule has 1 fully saturated rings. The van der Waals surface area contributed by atoms with Crippen molar-refractivity contribution in [3.05, 3.63) is 23.8 Å². The number of nitrogens with one attached hydrogen (secondary N) is 1. The van der Waals surface area contributed by atoms with Crippen molar-refractivity contribution in [2.75, 3.05) is 20.8 Å². The number of carbonyl (C=O) groups is 1. The predicted octanol–water partition coefficient (Wildman–Crippen LogP) is 1.89. The third kappa shape index (κ3) is 3.85. The molecule has 1 aliphatic heterocycles. The van der Waals surface area contributed by atoms with Gasteiger partial charge >= 0.3 is 0 Å². The molecule has 6 nitrogen and oxygen atoms in total. The predicted molar refractivity (Wildman–Crippen MR) is 71.7 cm³/mol. The van der Waals surface area contributed by atoms with E-state index in [1.54, 1.807) is 18.2 Å². The number of rotatable bonds is 5. The van der Waals surface area contributed by atoms with Crippen molar-refractivity contribution in [1.82, 2.24) is 5.48 Å². The van der Waals surface area contributed by atoms with Gasteiger partial charge in [-0.2, -0.15) is 0 Å². The van der Waals surface area contributed by atoms with Crippen molar-refractivity contribution >= 4 is 5.91 Å². The monoisotopic (exact) mass is 281 g/mol. The van der Waals surface area contributed by atoms with Crippen molar-refractivity contribution < 1.29 is 23.8 Å².